The highest BCUT2D eigenvalue weighted by Gasteiger charge is 2.21. The first-order chi connectivity index (χ1) is 13.0. The van der Waals surface area contributed by atoms with Crippen molar-refractivity contribution in [2.24, 2.45) is 0 Å². The molecule has 146 valence electrons. The van der Waals surface area contributed by atoms with E-state index in [1.165, 1.54) is 19.2 Å². The molecule has 0 bridgehead atoms. The molecule has 1 unspecified atom stereocenters. The lowest BCUT2D eigenvalue weighted by atomic mass is 10.0. The first-order valence-corrected chi connectivity index (χ1v) is 9.03. The van der Waals surface area contributed by atoms with Crippen LogP contribution in [0.15, 0.2) is 42.5 Å². The number of benzene rings is 2. The number of likely N-dealkylation sites (N-methyl/N-ethyl adjacent to an activating group) is 1. The van der Waals surface area contributed by atoms with Crippen molar-refractivity contribution in [1.82, 2.24) is 10.2 Å². The van der Waals surface area contributed by atoms with Crippen LogP contribution in [0.2, 0.25) is 0 Å². The number of hydrogen-bond donors (Lipinski definition) is 1. The quantitative estimate of drug-likeness (QED) is 0.728. The van der Waals surface area contributed by atoms with E-state index >= 15 is 0 Å². The van der Waals surface area contributed by atoms with Gasteiger partial charge >= 0.3 is 0 Å². The fourth-order valence-electron chi connectivity index (χ4n) is 3.06. The maximum absolute atomic E-state index is 14.2. The molecule has 0 aliphatic rings. The molecule has 1 atom stereocenters. The molecule has 2 aromatic carbocycles. The van der Waals surface area contributed by atoms with Crippen LogP contribution in [0.3, 0.4) is 0 Å². The van der Waals surface area contributed by atoms with E-state index < -0.39 is 11.7 Å². The van der Waals surface area contributed by atoms with E-state index in [1.54, 1.807) is 13.2 Å². The van der Waals surface area contributed by atoms with Crippen molar-refractivity contribution in [3.05, 3.63) is 59.4 Å². The van der Waals surface area contributed by atoms with E-state index in [0.29, 0.717) is 12.3 Å². The summed E-state index contributed by atoms with van der Waals surface area (Å²) in [5.41, 5.74) is 1.04. The summed E-state index contributed by atoms with van der Waals surface area (Å²) in [7, 11) is 3.08. The molecule has 6 heteroatoms. The van der Waals surface area contributed by atoms with Gasteiger partial charge in [0.2, 0.25) is 0 Å². The lowest BCUT2D eigenvalue weighted by Crippen LogP contribution is -2.38. The average molecular weight is 374 g/mol. The number of ether oxygens (including phenoxy) is 2. The van der Waals surface area contributed by atoms with Crippen LogP contribution in [0, 0.1) is 5.82 Å². The summed E-state index contributed by atoms with van der Waals surface area (Å²) in [6.07, 6.45) is 0. The Morgan fingerprint density at radius 2 is 1.74 bits per heavy atom. The van der Waals surface area contributed by atoms with E-state index in [4.69, 9.17) is 9.47 Å². The second-order valence-electron chi connectivity index (χ2n) is 6.07. The maximum Gasteiger partial charge on any atom is 0.254 e. The van der Waals surface area contributed by atoms with Gasteiger partial charge in [-0.1, -0.05) is 26.0 Å². The van der Waals surface area contributed by atoms with Gasteiger partial charge in [0.15, 0.2) is 0 Å². The first kappa shape index (κ1) is 20.7. The zero-order chi connectivity index (χ0) is 19.8. The van der Waals surface area contributed by atoms with Gasteiger partial charge in [-0.05, 0) is 42.9 Å². The van der Waals surface area contributed by atoms with Crippen LogP contribution in [0.5, 0.6) is 11.5 Å². The molecule has 0 aliphatic heterocycles. The van der Waals surface area contributed by atoms with Crippen LogP contribution in [-0.4, -0.2) is 44.7 Å². The Balaban J connectivity index is 2.19. The normalized spacial score (nSPS) is 11.9. The Labute approximate surface area is 160 Å². The number of carbonyl (C=O) groups excluding carboxylic acids is 1. The van der Waals surface area contributed by atoms with Crippen LogP contribution < -0.4 is 14.8 Å². The molecular weight excluding hydrogens is 347 g/mol. The van der Waals surface area contributed by atoms with Crippen molar-refractivity contribution >= 4 is 5.91 Å². The van der Waals surface area contributed by atoms with Crippen LogP contribution in [0.4, 0.5) is 4.39 Å². The molecule has 0 fully saturated rings. The molecule has 5 nitrogen and oxygen atoms in total. The second kappa shape index (κ2) is 9.92. The van der Waals surface area contributed by atoms with Gasteiger partial charge in [0.05, 0.1) is 25.8 Å². The van der Waals surface area contributed by atoms with E-state index in [9.17, 15) is 9.18 Å². The summed E-state index contributed by atoms with van der Waals surface area (Å²) in [5, 5.41) is 2.86. The van der Waals surface area contributed by atoms with Gasteiger partial charge in [-0.15, -0.1) is 0 Å². The smallest absolute Gasteiger partial charge is 0.254 e. The van der Waals surface area contributed by atoms with Gasteiger partial charge in [-0.25, -0.2) is 4.39 Å². The third-order valence-corrected chi connectivity index (χ3v) is 4.61. The molecule has 1 N–H and O–H groups in total. The van der Waals surface area contributed by atoms with Gasteiger partial charge in [-0.3, -0.25) is 9.69 Å². The molecule has 0 aliphatic carbocycles. The number of amides is 1. The molecule has 2 rings (SSSR count). The predicted octanol–water partition coefficient (Wildman–Crippen LogP) is 3.66. The van der Waals surface area contributed by atoms with E-state index in [1.807, 2.05) is 24.3 Å². The molecule has 0 radical (unpaired) electrons. The molecule has 2 aromatic rings. The largest absolute Gasteiger partial charge is 0.497 e. The van der Waals surface area contributed by atoms with Crippen molar-refractivity contribution in [3.8, 4) is 11.5 Å². The topological polar surface area (TPSA) is 50.8 Å². The zero-order valence-corrected chi connectivity index (χ0v) is 16.3. The van der Waals surface area contributed by atoms with Gasteiger partial charge in [0.25, 0.3) is 5.91 Å². The fraction of sp³-hybridized carbons (Fsp3) is 0.381. The first-order valence-electron chi connectivity index (χ1n) is 9.03. The summed E-state index contributed by atoms with van der Waals surface area (Å²) in [4.78, 5) is 14.7. The second-order valence-corrected chi connectivity index (χ2v) is 6.07. The van der Waals surface area contributed by atoms with Crippen LogP contribution in [0.1, 0.15) is 35.8 Å². The highest BCUT2D eigenvalue weighted by Crippen LogP contribution is 2.24. The van der Waals surface area contributed by atoms with Crippen molar-refractivity contribution in [3.63, 3.8) is 0 Å². The minimum Gasteiger partial charge on any atom is -0.497 e. The Hall–Kier alpha value is -2.60. The third-order valence-electron chi connectivity index (χ3n) is 4.61. The van der Waals surface area contributed by atoms with Gasteiger partial charge in [0, 0.05) is 12.6 Å². The monoisotopic (exact) mass is 374 g/mol. The molecule has 0 saturated carbocycles. The van der Waals surface area contributed by atoms with Gasteiger partial charge in [0.1, 0.15) is 17.3 Å². The standard InChI is InChI=1S/C21H27FN2O3/c1-5-24(6-2)20(15-8-7-9-16(12-15)26-3)14-23-21(25)18-11-10-17(27-4)13-19(18)22/h7-13,20H,5-6,14H2,1-4H3,(H,23,25). The molecule has 1 amide bonds. The van der Waals surface area contributed by atoms with Crippen molar-refractivity contribution in [1.29, 1.82) is 0 Å². The van der Waals surface area contributed by atoms with Crippen LogP contribution in [-0.2, 0) is 0 Å². The number of nitrogens with zero attached hydrogens (tertiary/aromatic N) is 1. The maximum atomic E-state index is 14.2. The minimum atomic E-state index is -0.604. The Morgan fingerprint density at radius 1 is 1.07 bits per heavy atom. The Bertz CT molecular complexity index is 763. The molecule has 0 spiro atoms. The van der Waals surface area contributed by atoms with Crippen molar-refractivity contribution in [2.75, 3.05) is 33.9 Å². The van der Waals surface area contributed by atoms with Crippen molar-refractivity contribution in [2.45, 2.75) is 19.9 Å². The third kappa shape index (κ3) is 5.20. The molecule has 0 aromatic heterocycles. The zero-order valence-electron chi connectivity index (χ0n) is 16.3. The Kier molecular flexibility index (Phi) is 7.61. The SMILES string of the molecule is CCN(CC)C(CNC(=O)c1ccc(OC)cc1F)c1cccc(OC)c1. The lowest BCUT2D eigenvalue weighted by Gasteiger charge is -2.30. The van der Waals surface area contributed by atoms with Crippen LogP contribution in [0.25, 0.3) is 0 Å². The van der Waals surface area contributed by atoms with E-state index in [-0.39, 0.29) is 11.6 Å². The summed E-state index contributed by atoms with van der Waals surface area (Å²) >= 11 is 0. The average Bonchev–Trinajstić information content (AvgIpc) is 2.70. The van der Waals surface area contributed by atoms with Crippen LogP contribution >= 0.6 is 0 Å². The fourth-order valence-corrected chi connectivity index (χ4v) is 3.06. The highest BCUT2D eigenvalue weighted by atomic mass is 19.1. The molecule has 27 heavy (non-hydrogen) atoms. The molecule has 0 heterocycles. The van der Waals surface area contributed by atoms with E-state index in [0.717, 1.165) is 24.4 Å². The summed E-state index contributed by atoms with van der Waals surface area (Å²) in [6, 6.07) is 11.9. The number of hydrogen-bond acceptors (Lipinski definition) is 4. The van der Waals surface area contributed by atoms with Gasteiger partial charge in [-0.2, -0.15) is 0 Å². The van der Waals surface area contributed by atoms with Gasteiger partial charge < -0.3 is 14.8 Å². The Morgan fingerprint density at radius 3 is 2.33 bits per heavy atom. The van der Waals surface area contributed by atoms with E-state index in [2.05, 4.69) is 24.1 Å². The number of methoxy groups -OCH3 is 2. The highest BCUT2D eigenvalue weighted by molar-refractivity contribution is 5.94. The number of carbonyl (C=O) groups is 1. The number of nitrogens with one attached hydrogen (secondary N) is 1. The number of rotatable bonds is 9. The van der Waals surface area contributed by atoms with Crippen molar-refractivity contribution < 1.29 is 18.7 Å². The summed E-state index contributed by atoms with van der Waals surface area (Å²) < 4.78 is 24.5. The molecular formula is C21H27FN2O3. The summed E-state index contributed by atoms with van der Waals surface area (Å²) in [5.74, 6) is 0.0847. The minimum absolute atomic E-state index is 0.000242. The predicted molar refractivity (Wildman–Crippen MR) is 104 cm³/mol. The summed E-state index contributed by atoms with van der Waals surface area (Å²) in [6.45, 7) is 6.15. The molecule has 0 saturated heterocycles. The lowest BCUT2D eigenvalue weighted by molar-refractivity contribution is 0.0931. The number of halogens is 1.